The second-order valence-corrected chi connectivity index (χ2v) is 8.04. The Balaban J connectivity index is 1.68. The van der Waals surface area contributed by atoms with E-state index in [-0.39, 0.29) is 18.6 Å². The fourth-order valence-electron chi connectivity index (χ4n) is 3.72. The number of nitrogens with one attached hydrogen (secondary N) is 1. The third kappa shape index (κ3) is 3.57. The lowest BCUT2D eigenvalue weighted by Gasteiger charge is -2.29. The summed E-state index contributed by atoms with van der Waals surface area (Å²) in [4.78, 5) is 31.3. The van der Waals surface area contributed by atoms with Gasteiger partial charge < -0.3 is 5.32 Å². The van der Waals surface area contributed by atoms with Gasteiger partial charge in [0.1, 0.15) is 0 Å². The molecule has 2 heterocycles. The van der Waals surface area contributed by atoms with Crippen molar-refractivity contribution in [3.63, 3.8) is 0 Å². The molecule has 0 bridgehead atoms. The van der Waals surface area contributed by atoms with E-state index in [1.165, 1.54) is 9.78 Å². The van der Waals surface area contributed by atoms with Crippen LogP contribution in [0.3, 0.4) is 0 Å². The predicted octanol–water partition coefficient (Wildman–Crippen LogP) is 4.02. The first-order chi connectivity index (χ1) is 14.1. The van der Waals surface area contributed by atoms with Crippen LogP contribution >= 0.6 is 11.3 Å². The van der Waals surface area contributed by atoms with Crippen molar-refractivity contribution in [1.29, 1.82) is 0 Å². The van der Waals surface area contributed by atoms with Crippen LogP contribution in [0.25, 0.3) is 0 Å². The van der Waals surface area contributed by atoms with E-state index in [9.17, 15) is 9.59 Å². The van der Waals surface area contributed by atoms with Crippen molar-refractivity contribution in [2.45, 2.75) is 19.0 Å². The lowest BCUT2D eigenvalue weighted by atomic mass is 9.83. The monoisotopic (exact) mass is 405 g/mol. The highest BCUT2D eigenvalue weighted by molar-refractivity contribution is 7.09. The second-order valence-electron chi connectivity index (χ2n) is 7.01. The Kier molecular flexibility index (Phi) is 5.47. The van der Waals surface area contributed by atoms with E-state index in [0.29, 0.717) is 6.54 Å². The van der Waals surface area contributed by atoms with E-state index < -0.39 is 5.54 Å². The van der Waals surface area contributed by atoms with Crippen molar-refractivity contribution in [1.82, 2.24) is 15.1 Å². The molecule has 0 radical (unpaired) electrons. The molecule has 3 amide bonds. The van der Waals surface area contributed by atoms with Gasteiger partial charge in [0.05, 0.1) is 6.67 Å². The topological polar surface area (TPSA) is 52.6 Å². The zero-order valence-corrected chi connectivity index (χ0v) is 17.1. The molecule has 1 saturated heterocycles. The van der Waals surface area contributed by atoms with Gasteiger partial charge in [-0.05, 0) is 29.1 Å². The molecule has 1 N–H and O–H groups in total. The third-order valence-electron chi connectivity index (χ3n) is 5.27. The van der Waals surface area contributed by atoms with Crippen LogP contribution in [-0.4, -0.2) is 35.0 Å². The van der Waals surface area contributed by atoms with Crippen LogP contribution in [0.15, 0.2) is 78.2 Å². The Hall–Kier alpha value is -2.96. The Morgan fingerprint density at radius 1 is 0.931 bits per heavy atom. The highest BCUT2D eigenvalue weighted by Gasteiger charge is 2.53. The average molecular weight is 406 g/mol. The van der Waals surface area contributed by atoms with Gasteiger partial charge in [0, 0.05) is 11.4 Å². The maximum absolute atomic E-state index is 13.7. The van der Waals surface area contributed by atoms with Crippen LogP contribution in [0.1, 0.15) is 22.9 Å². The van der Waals surface area contributed by atoms with Crippen LogP contribution < -0.4 is 5.32 Å². The van der Waals surface area contributed by atoms with Gasteiger partial charge in [0.25, 0.3) is 5.91 Å². The van der Waals surface area contributed by atoms with Crippen LogP contribution in [0.2, 0.25) is 0 Å². The highest BCUT2D eigenvalue weighted by atomic mass is 32.1. The molecule has 6 heteroatoms. The summed E-state index contributed by atoms with van der Waals surface area (Å²) < 4.78 is 0. The van der Waals surface area contributed by atoms with Crippen LogP contribution in [0.4, 0.5) is 4.79 Å². The number of hydrogen-bond acceptors (Lipinski definition) is 4. The molecular weight excluding hydrogens is 382 g/mol. The van der Waals surface area contributed by atoms with Gasteiger partial charge >= 0.3 is 6.03 Å². The summed E-state index contributed by atoms with van der Waals surface area (Å²) in [5.74, 6) is -0.246. The van der Waals surface area contributed by atoms with Crippen LogP contribution in [0, 0.1) is 0 Å². The molecule has 5 nitrogen and oxygen atoms in total. The smallest absolute Gasteiger partial charge is 0.315 e. The maximum Gasteiger partial charge on any atom is 0.326 e. The van der Waals surface area contributed by atoms with E-state index in [4.69, 9.17) is 0 Å². The summed E-state index contributed by atoms with van der Waals surface area (Å²) in [6.07, 6.45) is 0. The van der Waals surface area contributed by atoms with Crippen molar-refractivity contribution >= 4 is 23.3 Å². The Morgan fingerprint density at radius 2 is 1.55 bits per heavy atom. The summed E-state index contributed by atoms with van der Waals surface area (Å²) in [5, 5.41) is 5.04. The second kappa shape index (κ2) is 8.19. The number of imide groups is 1. The predicted molar refractivity (Wildman–Crippen MR) is 114 cm³/mol. The molecule has 4 rings (SSSR count). The van der Waals surface area contributed by atoms with Crippen molar-refractivity contribution < 1.29 is 9.59 Å². The van der Waals surface area contributed by atoms with Crippen LogP contribution in [0.5, 0.6) is 0 Å². The standard InChI is InChI=1S/C23H23N3O2S/c1-2-25(16-20-14-9-15-29-20)17-26-21(27)23(24-22(26)28,18-10-5-3-6-11-18)19-12-7-4-8-13-19/h3-15H,2,16-17H2,1H3,(H,24,28). The molecule has 1 aromatic heterocycles. The minimum absolute atomic E-state index is 0.246. The first-order valence-electron chi connectivity index (χ1n) is 9.65. The minimum atomic E-state index is -1.21. The molecule has 2 aromatic carbocycles. The molecule has 0 unspecified atom stereocenters. The Morgan fingerprint density at radius 3 is 2.07 bits per heavy atom. The first kappa shape index (κ1) is 19.4. The van der Waals surface area contributed by atoms with Crippen LogP contribution in [-0.2, 0) is 16.9 Å². The molecule has 0 aliphatic carbocycles. The molecule has 1 fully saturated rings. The number of carbonyl (C=O) groups excluding carboxylic acids is 2. The van der Waals surface area contributed by atoms with Gasteiger partial charge in [-0.3, -0.25) is 9.69 Å². The average Bonchev–Trinajstić information content (AvgIpc) is 3.36. The molecule has 29 heavy (non-hydrogen) atoms. The molecule has 3 aromatic rings. The number of thiophene rings is 1. The summed E-state index contributed by atoms with van der Waals surface area (Å²) in [7, 11) is 0. The Bertz CT molecular complexity index is 934. The fraction of sp³-hybridized carbons (Fsp3) is 0.217. The summed E-state index contributed by atoms with van der Waals surface area (Å²) in [6, 6.07) is 22.6. The number of benzene rings is 2. The quantitative estimate of drug-likeness (QED) is 0.604. The number of hydrogen-bond donors (Lipinski definition) is 1. The number of rotatable bonds is 7. The Labute approximate surface area is 174 Å². The van der Waals surface area contributed by atoms with E-state index in [1.807, 2.05) is 79.0 Å². The van der Waals surface area contributed by atoms with E-state index in [1.54, 1.807) is 11.3 Å². The van der Waals surface area contributed by atoms with Gasteiger partial charge in [-0.25, -0.2) is 9.69 Å². The zero-order valence-electron chi connectivity index (χ0n) is 16.2. The third-order valence-corrected chi connectivity index (χ3v) is 6.13. The fourth-order valence-corrected chi connectivity index (χ4v) is 4.47. The molecule has 0 saturated carbocycles. The molecular formula is C23H23N3O2S. The zero-order chi connectivity index (χ0) is 20.3. The van der Waals surface area contributed by atoms with Crippen molar-refractivity contribution in [3.8, 4) is 0 Å². The normalized spacial score (nSPS) is 15.7. The lowest BCUT2D eigenvalue weighted by Crippen LogP contribution is -2.46. The number of carbonyl (C=O) groups is 2. The summed E-state index contributed by atoms with van der Waals surface area (Å²) >= 11 is 1.67. The van der Waals surface area contributed by atoms with Gasteiger partial charge in [0.15, 0.2) is 5.54 Å². The van der Waals surface area contributed by atoms with E-state index in [0.717, 1.165) is 17.7 Å². The number of amides is 3. The molecule has 0 spiro atoms. The van der Waals surface area contributed by atoms with Crippen molar-refractivity contribution in [2.75, 3.05) is 13.2 Å². The number of urea groups is 1. The minimum Gasteiger partial charge on any atom is -0.315 e. The highest BCUT2D eigenvalue weighted by Crippen LogP contribution is 2.36. The molecule has 1 aliphatic rings. The lowest BCUT2D eigenvalue weighted by molar-refractivity contribution is -0.131. The van der Waals surface area contributed by atoms with Gasteiger partial charge in [-0.15, -0.1) is 11.3 Å². The van der Waals surface area contributed by atoms with E-state index in [2.05, 4.69) is 16.3 Å². The van der Waals surface area contributed by atoms with Gasteiger partial charge in [0.2, 0.25) is 0 Å². The molecule has 0 atom stereocenters. The summed E-state index contributed by atoms with van der Waals surface area (Å²) in [6.45, 7) is 3.72. The summed E-state index contributed by atoms with van der Waals surface area (Å²) in [5.41, 5.74) is 0.309. The van der Waals surface area contributed by atoms with Gasteiger partial charge in [-0.2, -0.15) is 0 Å². The SMILES string of the molecule is CCN(Cc1cccs1)CN1C(=O)NC(c2ccccc2)(c2ccccc2)C1=O. The van der Waals surface area contributed by atoms with E-state index >= 15 is 0 Å². The number of nitrogens with zero attached hydrogens (tertiary/aromatic N) is 2. The van der Waals surface area contributed by atoms with Gasteiger partial charge in [-0.1, -0.05) is 73.7 Å². The largest absolute Gasteiger partial charge is 0.326 e. The molecule has 1 aliphatic heterocycles. The van der Waals surface area contributed by atoms with Crippen molar-refractivity contribution in [2.24, 2.45) is 0 Å². The maximum atomic E-state index is 13.7. The first-order valence-corrected chi connectivity index (χ1v) is 10.5. The van der Waals surface area contributed by atoms with Crippen molar-refractivity contribution in [3.05, 3.63) is 94.2 Å². The molecule has 148 valence electrons.